The first-order valence-electron chi connectivity index (χ1n) is 6.86. The molecular formula is C13H26N2. The van der Waals surface area contributed by atoms with Crippen molar-refractivity contribution in [3.63, 3.8) is 0 Å². The highest BCUT2D eigenvalue weighted by Gasteiger charge is 2.34. The van der Waals surface area contributed by atoms with Crippen LogP contribution in [0.15, 0.2) is 0 Å². The lowest BCUT2D eigenvalue weighted by molar-refractivity contribution is 0.181. The number of nitrogens with one attached hydrogen (secondary N) is 1. The zero-order valence-corrected chi connectivity index (χ0v) is 10.2. The van der Waals surface area contributed by atoms with Crippen molar-refractivity contribution >= 4 is 0 Å². The molecule has 0 aromatic heterocycles. The first kappa shape index (κ1) is 11.4. The van der Waals surface area contributed by atoms with Gasteiger partial charge in [0.25, 0.3) is 0 Å². The third-order valence-electron chi connectivity index (χ3n) is 4.17. The van der Waals surface area contributed by atoms with E-state index in [1.54, 1.807) is 0 Å². The van der Waals surface area contributed by atoms with Gasteiger partial charge in [0.05, 0.1) is 0 Å². The molecule has 2 unspecified atom stereocenters. The fourth-order valence-electron chi connectivity index (χ4n) is 3.36. The Morgan fingerprint density at radius 2 is 2.07 bits per heavy atom. The molecule has 0 amide bonds. The van der Waals surface area contributed by atoms with Gasteiger partial charge in [0.1, 0.15) is 0 Å². The third kappa shape index (κ3) is 2.94. The minimum absolute atomic E-state index is 0.959. The molecule has 0 aromatic carbocycles. The first-order valence-corrected chi connectivity index (χ1v) is 6.86. The summed E-state index contributed by atoms with van der Waals surface area (Å²) >= 11 is 0. The Balaban J connectivity index is 1.69. The molecule has 2 atom stereocenters. The van der Waals surface area contributed by atoms with Crippen molar-refractivity contribution in [1.29, 1.82) is 0 Å². The Hall–Kier alpha value is -0.0800. The van der Waals surface area contributed by atoms with E-state index < -0.39 is 0 Å². The molecular weight excluding hydrogens is 184 g/mol. The smallest absolute Gasteiger partial charge is 0.0124 e. The van der Waals surface area contributed by atoms with Gasteiger partial charge in [-0.3, -0.25) is 0 Å². The molecule has 2 fully saturated rings. The van der Waals surface area contributed by atoms with E-state index in [9.17, 15) is 0 Å². The lowest BCUT2D eigenvalue weighted by Gasteiger charge is -2.31. The van der Waals surface area contributed by atoms with Gasteiger partial charge in [-0.2, -0.15) is 0 Å². The van der Waals surface area contributed by atoms with E-state index >= 15 is 0 Å². The van der Waals surface area contributed by atoms with Crippen LogP contribution in [-0.4, -0.2) is 37.1 Å². The largest absolute Gasteiger partial charge is 0.317 e. The van der Waals surface area contributed by atoms with Crippen LogP contribution in [0.3, 0.4) is 0 Å². The number of hydrogen-bond acceptors (Lipinski definition) is 2. The maximum absolute atomic E-state index is 3.42. The van der Waals surface area contributed by atoms with Gasteiger partial charge in [-0.1, -0.05) is 19.8 Å². The fourth-order valence-corrected chi connectivity index (χ4v) is 3.36. The molecule has 2 rings (SSSR count). The van der Waals surface area contributed by atoms with Crippen molar-refractivity contribution < 1.29 is 0 Å². The second-order valence-corrected chi connectivity index (χ2v) is 5.14. The number of rotatable bonds is 5. The number of likely N-dealkylation sites (tertiary alicyclic amines) is 1. The predicted octanol–water partition coefficient (Wildman–Crippen LogP) is 2.25. The van der Waals surface area contributed by atoms with Gasteiger partial charge in [-0.25, -0.2) is 0 Å². The molecule has 0 radical (unpaired) electrons. The first-order chi connectivity index (χ1) is 7.42. The monoisotopic (exact) mass is 210 g/mol. The van der Waals surface area contributed by atoms with Gasteiger partial charge < -0.3 is 10.2 Å². The molecule has 1 aliphatic carbocycles. The molecule has 88 valence electrons. The van der Waals surface area contributed by atoms with Gasteiger partial charge >= 0.3 is 0 Å². The summed E-state index contributed by atoms with van der Waals surface area (Å²) in [5.41, 5.74) is 0. The van der Waals surface area contributed by atoms with E-state index in [0.717, 1.165) is 18.5 Å². The molecule has 15 heavy (non-hydrogen) atoms. The van der Waals surface area contributed by atoms with E-state index in [-0.39, 0.29) is 0 Å². The minimum Gasteiger partial charge on any atom is -0.317 e. The summed E-state index contributed by atoms with van der Waals surface area (Å²) in [6, 6.07) is 0.959. The summed E-state index contributed by atoms with van der Waals surface area (Å²) in [5.74, 6) is 1.05. The summed E-state index contributed by atoms with van der Waals surface area (Å²) in [4.78, 5) is 2.77. The Morgan fingerprint density at radius 1 is 1.20 bits per heavy atom. The van der Waals surface area contributed by atoms with Crippen LogP contribution < -0.4 is 5.32 Å². The van der Waals surface area contributed by atoms with Gasteiger partial charge in [0.2, 0.25) is 0 Å². The van der Waals surface area contributed by atoms with E-state index in [4.69, 9.17) is 0 Å². The van der Waals surface area contributed by atoms with Crippen LogP contribution in [-0.2, 0) is 0 Å². The molecule has 1 saturated carbocycles. The normalized spacial score (nSPS) is 31.8. The quantitative estimate of drug-likeness (QED) is 0.700. The van der Waals surface area contributed by atoms with Crippen molar-refractivity contribution in [2.75, 3.05) is 26.2 Å². The zero-order chi connectivity index (χ0) is 10.5. The zero-order valence-electron chi connectivity index (χ0n) is 10.2. The lowest BCUT2D eigenvalue weighted by Crippen LogP contribution is -2.36. The van der Waals surface area contributed by atoms with Gasteiger partial charge in [0.15, 0.2) is 0 Å². The topological polar surface area (TPSA) is 15.3 Å². The van der Waals surface area contributed by atoms with Crippen LogP contribution in [0.5, 0.6) is 0 Å². The molecule has 0 bridgehead atoms. The van der Waals surface area contributed by atoms with Gasteiger partial charge in [-0.15, -0.1) is 0 Å². The maximum Gasteiger partial charge on any atom is 0.0124 e. The molecule has 1 aliphatic heterocycles. The third-order valence-corrected chi connectivity index (χ3v) is 4.17. The van der Waals surface area contributed by atoms with Crippen molar-refractivity contribution in [2.45, 2.75) is 51.5 Å². The van der Waals surface area contributed by atoms with Gasteiger partial charge in [0, 0.05) is 6.04 Å². The highest BCUT2D eigenvalue weighted by Crippen LogP contribution is 2.35. The molecule has 2 heteroatoms. The van der Waals surface area contributed by atoms with E-state index in [0.29, 0.717) is 0 Å². The van der Waals surface area contributed by atoms with Crippen molar-refractivity contribution in [3.05, 3.63) is 0 Å². The van der Waals surface area contributed by atoms with Crippen LogP contribution in [0.2, 0.25) is 0 Å². The van der Waals surface area contributed by atoms with E-state index in [2.05, 4.69) is 17.1 Å². The predicted molar refractivity (Wildman–Crippen MR) is 65.1 cm³/mol. The summed E-state index contributed by atoms with van der Waals surface area (Å²) in [6.07, 6.45) is 8.76. The second-order valence-electron chi connectivity index (χ2n) is 5.14. The molecule has 2 aliphatic rings. The average Bonchev–Trinajstić information content (AvgIpc) is 2.68. The van der Waals surface area contributed by atoms with Gasteiger partial charge in [-0.05, 0) is 57.8 Å². The lowest BCUT2D eigenvalue weighted by atomic mass is 9.85. The van der Waals surface area contributed by atoms with Crippen LogP contribution in [0, 0.1) is 5.92 Å². The molecule has 0 spiro atoms. The number of nitrogens with zero attached hydrogens (tertiary/aromatic N) is 1. The van der Waals surface area contributed by atoms with Crippen molar-refractivity contribution in [2.24, 2.45) is 5.92 Å². The molecule has 2 nitrogen and oxygen atoms in total. The van der Waals surface area contributed by atoms with E-state index in [1.807, 2.05) is 0 Å². The highest BCUT2D eigenvalue weighted by atomic mass is 15.2. The molecule has 0 aromatic rings. The van der Waals surface area contributed by atoms with Crippen molar-refractivity contribution in [3.8, 4) is 0 Å². The Morgan fingerprint density at radius 3 is 2.93 bits per heavy atom. The molecule has 1 heterocycles. The van der Waals surface area contributed by atoms with Crippen LogP contribution >= 0.6 is 0 Å². The van der Waals surface area contributed by atoms with Crippen LogP contribution in [0.4, 0.5) is 0 Å². The number of hydrogen-bond donors (Lipinski definition) is 1. The second kappa shape index (κ2) is 5.86. The highest BCUT2D eigenvalue weighted by molar-refractivity contribution is 4.89. The van der Waals surface area contributed by atoms with Crippen LogP contribution in [0.1, 0.15) is 45.4 Å². The standard InChI is InChI=1S/C13H26N2/c1-2-14-9-5-10-15-11-8-12-6-3-4-7-13(12)15/h12-14H,2-11H2,1H3. The molecule has 1 saturated heterocycles. The number of fused-ring (bicyclic) bond motifs is 1. The summed E-state index contributed by atoms with van der Waals surface area (Å²) < 4.78 is 0. The Bertz CT molecular complexity index is 181. The summed E-state index contributed by atoms with van der Waals surface area (Å²) in [7, 11) is 0. The summed E-state index contributed by atoms with van der Waals surface area (Å²) in [6.45, 7) is 7.21. The molecule has 1 N–H and O–H groups in total. The fraction of sp³-hybridized carbons (Fsp3) is 1.00. The summed E-state index contributed by atoms with van der Waals surface area (Å²) in [5, 5.41) is 3.42. The van der Waals surface area contributed by atoms with E-state index in [1.165, 1.54) is 58.2 Å². The maximum atomic E-state index is 3.42. The van der Waals surface area contributed by atoms with Crippen molar-refractivity contribution in [1.82, 2.24) is 10.2 Å². The Kier molecular flexibility index (Phi) is 4.45. The minimum atomic E-state index is 0.959. The Labute approximate surface area is 94.4 Å². The van der Waals surface area contributed by atoms with Crippen LogP contribution in [0.25, 0.3) is 0 Å². The average molecular weight is 210 g/mol. The SMILES string of the molecule is CCNCCCN1CCC2CCCCC21.